The first-order valence-corrected chi connectivity index (χ1v) is 8.51. The summed E-state index contributed by atoms with van der Waals surface area (Å²) in [6.45, 7) is 0.697. The molecule has 0 atom stereocenters. The lowest BCUT2D eigenvalue weighted by molar-refractivity contribution is 0.102. The Labute approximate surface area is 147 Å². The molecular formula is C18H14N4O2S. The Bertz CT molecular complexity index is 974. The minimum atomic E-state index is -0.242. The van der Waals surface area contributed by atoms with E-state index in [1.807, 2.05) is 41.1 Å². The third-order valence-corrected chi connectivity index (χ3v) is 4.43. The molecule has 25 heavy (non-hydrogen) atoms. The molecule has 0 fully saturated rings. The highest BCUT2D eigenvalue weighted by Crippen LogP contribution is 2.24. The largest absolute Gasteiger partial charge is 0.462 e. The van der Waals surface area contributed by atoms with Crippen molar-refractivity contribution in [2.45, 2.75) is 6.54 Å². The van der Waals surface area contributed by atoms with Crippen molar-refractivity contribution in [3.05, 3.63) is 78.0 Å². The van der Waals surface area contributed by atoms with E-state index in [1.165, 1.54) is 11.3 Å². The summed E-state index contributed by atoms with van der Waals surface area (Å²) in [5.41, 5.74) is 2.18. The number of furan rings is 1. The molecule has 0 unspecified atom stereocenters. The molecule has 3 heterocycles. The van der Waals surface area contributed by atoms with Gasteiger partial charge in [-0.05, 0) is 29.8 Å². The van der Waals surface area contributed by atoms with Crippen molar-refractivity contribution in [1.29, 1.82) is 0 Å². The van der Waals surface area contributed by atoms with Crippen LogP contribution < -0.4 is 5.32 Å². The summed E-state index contributed by atoms with van der Waals surface area (Å²) in [7, 11) is 0. The summed E-state index contributed by atoms with van der Waals surface area (Å²) in [6.07, 6.45) is 6.99. The van der Waals surface area contributed by atoms with Gasteiger partial charge in [-0.1, -0.05) is 12.1 Å². The maximum Gasteiger partial charge on any atom is 0.275 e. The molecule has 3 aromatic heterocycles. The number of imidazole rings is 1. The summed E-state index contributed by atoms with van der Waals surface area (Å²) in [5, 5.41) is 5.30. The third-order valence-electron chi connectivity index (χ3n) is 3.58. The lowest BCUT2D eigenvalue weighted by Crippen LogP contribution is -2.12. The Morgan fingerprint density at radius 1 is 1.28 bits per heavy atom. The Hall–Kier alpha value is -3.19. The van der Waals surface area contributed by atoms with Crippen molar-refractivity contribution >= 4 is 22.9 Å². The summed E-state index contributed by atoms with van der Waals surface area (Å²) in [6, 6.07) is 11.3. The van der Waals surface area contributed by atoms with Crippen molar-refractivity contribution in [3.63, 3.8) is 0 Å². The van der Waals surface area contributed by atoms with Gasteiger partial charge in [0.1, 0.15) is 5.69 Å². The number of hydrogen-bond donors (Lipinski definition) is 1. The number of anilines is 1. The number of nitrogens with zero attached hydrogens (tertiary/aromatic N) is 3. The van der Waals surface area contributed by atoms with Crippen molar-refractivity contribution in [2.75, 3.05) is 5.32 Å². The molecule has 0 saturated carbocycles. The number of thiazole rings is 1. The average molecular weight is 350 g/mol. The minimum absolute atomic E-state index is 0.242. The van der Waals surface area contributed by atoms with E-state index in [1.54, 1.807) is 30.2 Å². The quantitative estimate of drug-likeness (QED) is 0.592. The maximum absolute atomic E-state index is 12.4. The van der Waals surface area contributed by atoms with E-state index in [0.29, 0.717) is 23.0 Å². The number of aromatic nitrogens is 3. The highest BCUT2D eigenvalue weighted by atomic mass is 32.1. The van der Waals surface area contributed by atoms with E-state index in [2.05, 4.69) is 15.3 Å². The summed E-state index contributed by atoms with van der Waals surface area (Å²) in [4.78, 5) is 20.8. The predicted octanol–water partition coefficient (Wildman–Crippen LogP) is 3.90. The second-order valence-electron chi connectivity index (χ2n) is 5.40. The first kappa shape index (κ1) is 15.3. The van der Waals surface area contributed by atoms with Gasteiger partial charge in [-0.25, -0.2) is 9.97 Å². The zero-order valence-corrected chi connectivity index (χ0v) is 13.9. The first-order valence-electron chi connectivity index (χ1n) is 7.63. The van der Waals surface area contributed by atoms with Gasteiger partial charge in [0.25, 0.3) is 5.91 Å². The lowest BCUT2D eigenvalue weighted by Gasteiger charge is -2.07. The zero-order chi connectivity index (χ0) is 17.1. The van der Waals surface area contributed by atoms with Crippen LogP contribution >= 0.6 is 11.3 Å². The predicted molar refractivity (Wildman–Crippen MR) is 95.5 cm³/mol. The fourth-order valence-corrected chi connectivity index (χ4v) is 3.19. The van der Waals surface area contributed by atoms with E-state index in [9.17, 15) is 4.79 Å². The van der Waals surface area contributed by atoms with E-state index >= 15 is 0 Å². The molecule has 124 valence electrons. The highest BCUT2D eigenvalue weighted by molar-refractivity contribution is 7.13. The number of rotatable bonds is 5. The summed E-state index contributed by atoms with van der Waals surface area (Å²) >= 11 is 1.38. The fraction of sp³-hybridized carbons (Fsp3) is 0.0556. The Morgan fingerprint density at radius 2 is 2.24 bits per heavy atom. The van der Waals surface area contributed by atoms with Gasteiger partial charge in [0.05, 0.1) is 12.6 Å². The van der Waals surface area contributed by atoms with Crippen molar-refractivity contribution in [2.24, 2.45) is 0 Å². The summed E-state index contributed by atoms with van der Waals surface area (Å²) < 4.78 is 7.27. The Balaban J connectivity index is 1.47. The van der Waals surface area contributed by atoms with Crippen LogP contribution in [0.15, 0.2) is 71.2 Å². The number of carbonyl (C=O) groups is 1. The van der Waals surface area contributed by atoms with Crippen LogP contribution in [0.1, 0.15) is 16.1 Å². The minimum Gasteiger partial charge on any atom is -0.462 e. The first-order chi connectivity index (χ1) is 12.3. The lowest BCUT2D eigenvalue weighted by atomic mass is 10.2. The van der Waals surface area contributed by atoms with Crippen LogP contribution in [0.5, 0.6) is 0 Å². The molecule has 7 heteroatoms. The molecule has 1 aromatic carbocycles. The number of benzene rings is 1. The second kappa shape index (κ2) is 6.74. The smallest absolute Gasteiger partial charge is 0.275 e. The molecule has 1 amide bonds. The number of hydrogen-bond acceptors (Lipinski definition) is 5. The van der Waals surface area contributed by atoms with E-state index < -0.39 is 0 Å². The van der Waals surface area contributed by atoms with Gasteiger partial charge < -0.3 is 14.3 Å². The molecule has 0 bridgehead atoms. The SMILES string of the molecule is O=C(Nc1cccc(Cn2ccnc2)c1)c1csc(-c2ccco2)n1. The highest BCUT2D eigenvalue weighted by Gasteiger charge is 2.13. The molecule has 0 spiro atoms. The van der Waals surface area contributed by atoms with Crippen LogP contribution in [0.25, 0.3) is 10.8 Å². The van der Waals surface area contributed by atoms with E-state index in [4.69, 9.17) is 4.42 Å². The van der Waals surface area contributed by atoms with Gasteiger partial charge in [-0.15, -0.1) is 11.3 Å². The Kier molecular flexibility index (Phi) is 4.14. The molecule has 4 rings (SSSR count). The molecule has 0 aliphatic carbocycles. The summed E-state index contributed by atoms with van der Waals surface area (Å²) in [5.74, 6) is 0.417. The normalized spacial score (nSPS) is 10.7. The van der Waals surface area contributed by atoms with Gasteiger partial charge >= 0.3 is 0 Å². The van der Waals surface area contributed by atoms with Crippen LogP contribution in [0.2, 0.25) is 0 Å². The molecule has 0 aliphatic rings. The average Bonchev–Trinajstić information content (AvgIpc) is 3.37. The van der Waals surface area contributed by atoms with E-state index in [-0.39, 0.29) is 5.91 Å². The van der Waals surface area contributed by atoms with Crippen molar-refractivity contribution in [1.82, 2.24) is 14.5 Å². The molecule has 0 saturated heterocycles. The monoisotopic (exact) mass is 350 g/mol. The van der Waals surface area contributed by atoms with Crippen molar-refractivity contribution in [3.8, 4) is 10.8 Å². The maximum atomic E-state index is 12.4. The van der Waals surface area contributed by atoms with Crippen LogP contribution in [0, 0.1) is 0 Å². The number of carbonyl (C=O) groups excluding carboxylic acids is 1. The fourth-order valence-electron chi connectivity index (χ4n) is 2.43. The second-order valence-corrected chi connectivity index (χ2v) is 6.26. The van der Waals surface area contributed by atoms with Crippen LogP contribution in [-0.4, -0.2) is 20.4 Å². The third kappa shape index (κ3) is 3.51. The van der Waals surface area contributed by atoms with Crippen molar-refractivity contribution < 1.29 is 9.21 Å². The Morgan fingerprint density at radius 3 is 3.04 bits per heavy atom. The molecular weight excluding hydrogens is 336 g/mol. The number of nitrogens with one attached hydrogen (secondary N) is 1. The van der Waals surface area contributed by atoms with Crippen LogP contribution in [0.4, 0.5) is 5.69 Å². The number of amides is 1. The van der Waals surface area contributed by atoms with Gasteiger partial charge in [-0.3, -0.25) is 4.79 Å². The molecule has 6 nitrogen and oxygen atoms in total. The molecule has 0 aliphatic heterocycles. The van der Waals surface area contributed by atoms with E-state index in [0.717, 1.165) is 11.3 Å². The van der Waals surface area contributed by atoms with Crippen LogP contribution in [0.3, 0.4) is 0 Å². The van der Waals surface area contributed by atoms with Crippen LogP contribution in [-0.2, 0) is 6.54 Å². The van der Waals surface area contributed by atoms with Gasteiger partial charge in [0.15, 0.2) is 10.8 Å². The molecule has 1 N–H and O–H groups in total. The van der Waals surface area contributed by atoms with Gasteiger partial charge in [-0.2, -0.15) is 0 Å². The van der Waals surface area contributed by atoms with Gasteiger partial charge in [0.2, 0.25) is 0 Å². The van der Waals surface area contributed by atoms with Gasteiger partial charge in [0, 0.05) is 30.0 Å². The topological polar surface area (TPSA) is 73.0 Å². The molecule has 4 aromatic rings. The molecule has 0 radical (unpaired) electrons. The standard InChI is InChI=1S/C18H14N4O2S/c23-17(15-11-25-18(21-15)16-5-2-8-24-16)20-14-4-1-3-13(9-14)10-22-7-6-19-12-22/h1-9,11-12H,10H2,(H,20,23). The zero-order valence-electron chi connectivity index (χ0n) is 13.1.